The number of carbonyl (C=O) groups is 4. The zero-order chi connectivity index (χ0) is 23.5. The van der Waals surface area contributed by atoms with Crippen LogP contribution >= 0.6 is 0 Å². The fourth-order valence-corrected chi connectivity index (χ4v) is 3.58. The first-order valence-corrected chi connectivity index (χ1v) is 10.2. The van der Waals surface area contributed by atoms with E-state index in [2.05, 4.69) is 10.6 Å². The van der Waals surface area contributed by atoms with Gasteiger partial charge in [0.2, 0.25) is 5.91 Å². The molecule has 1 aliphatic heterocycles. The van der Waals surface area contributed by atoms with E-state index >= 15 is 0 Å². The number of para-hydroxylation sites is 1. The van der Waals surface area contributed by atoms with E-state index in [0.717, 1.165) is 21.4 Å². The van der Waals surface area contributed by atoms with Crippen molar-refractivity contribution in [2.75, 3.05) is 19.0 Å². The van der Waals surface area contributed by atoms with Crippen LogP contribution in [0.3, 0.4) is 0 Å². The second-order valence-electron chi connectivity index (χ2n) is 7.60. The van der Waals surface area contributed by atoms with Crippen LogP contribution in [-0.2, 0) is 25.7 Å². The molecule has 168 valence electrons. The fraction of sp³-hybridized carbons (Fsp3) is 0.167. The van der Waals surface area contributed by atoms with Crippen LogP contribution in [0.15, 0.2) is 60.4 Å². The van der Waals surface area contributed by atoms with Gasteiger partial charge in [-0.25, -0.2) is 9.69 Å². The first-order chi connectivity index (χ1) is 15.9. The highest BCUT2D eigenvalue weighted by molar-refractivity contribution is 6.16. The van der Waals surface area contributed by atoms with Crippen LogP contribution in [0.2, 0.25) is 0 Å². The lowest BCUT2D eigenvalue weighted by Crippen LogP contribution is -2.38. The van der Waals surface area contributed by atoms with Crippen LogP contribution in [0.5, 0.6) is 0 Å². The van der Waals surface area contributed by atoms with Crippen molar-refractivity contribution >= 4 is 46.5 Å². The van der Waals surface area contributed by atoms with Crippen molar-refractivity contribution in [3.05, 3.63) is 71.6 Å². The van der Waals surface area contributed by atoms with E-state index in [1.807, 2.05) is 43.3 Å². The minimum Gasteiger partial charge on any atom is -0.468 e. The number of aryl methyl sites for hydroxylation is 1. The maximum absolute atomic E-state index is 12.8. The summed E-state index contributed by atoms with van der Waals surface area (Å²) in [6, 6.07) is 13.9. The van der Waals surface area contributed by atoms with Crippen LogP contribution in [0.1, 0.15) is 11.1 Å². The van der Waals surface area contributed by atoms with Crippen molar-refractivity contribution in [1.29, 1.82) is 0 Å². The number of anilines is 1. The van der Waals surface area contributed by atoms with Crippen molar-refractivity contribution < 1.29 is 23.9 Å². The molecule has 0 spiro atoms. The number of methoxy groups -OCH3 is 1. The van der Waals surface area contributed by atoms with Gasteiger partial charge in [0, 0.05) is 28.4 Å². The molecule has 9 nitrogen and oxygen atoms in total. The van der Waals surface area contributed by atoms with Gasteiger partial charge in [0.15, 0.2) is 0 Å². The molecule has 3 aromatic rings. The number of amides is 4. The SMILES string of the molecule is COC(=O)Cn1cc(/C=C2\NC(=O)N(CC(=O)Nc3ccc(C)cc3)C2=O)c2ccccc21. The number of urea groups is 1. The monoisotopic (exact) mass is 446 g/mol. The summed E-state index contributed by atoms with van der Waals surface area (Å²) in [5.41, 5.74) is 3.09. The maximum Gasteiger partial charge on any atom is 0.329 e. The zero-order valence-electron chi connectivity index (χ0n) is 18.1. The normalized spacial score (nSPS) is 14.6. The molecule has 1 aromatic heterocycles. The molecule has 0 saturated carbocycles. The molecule has 0 radical (unpaired) electrons. The smallest absolute Gasteiger partial charge is 0.329 e. The van der Waals surface area contributed by atoms with Gasteiger partial charge in [-0.1, -0.05) is 35.9 Å². The molecule has 9 heteroatoms. The first-order valence-electron chi connectivity index (χ1n) is 10.2. The van der Waals surface area contributed by atoms with Gasteiger partial charge in [-0.3, -0.25) is 14.4 Å². The molecular weight excluding hydrogens is 424 g/mol. The van der Waals surface area contributed by atoms with Crippen LogP contribution < -0.4 is 10.6 Å². The summed E-state index contributed by atoms with van der Waals surface area (Å²) in [5, 5.41) is 5.99. The molecule has 2 N–H and O–H groups in total. The molecule has 1 aliphatic rings. The Bertz CT molecular complexity index is 1290. The number of hydrogen-bond donors (Lipinski definition) is 2. The summed E-state index contributed by atoms with van der Waals surface area (Å²) < 4.78 is 6.46. The second kappa shape index (κ2) is 8.99. The number of rotatable bonds is 6. The lowest BCUT2D eigenvalue weighted by atomic mass is 10.1. The van der Waals surface area contributed by atoms with Crippen molar-refractivity contribution in [3.63, 3.8) is 0 Å². The Morgan fingerprint density at radius 1 is 1.06 bits per heavy atom. The Balaban J connectivity index is 1.54. The van der Waals surface area contributed by atoms with Crippen molar-refractivity contribution in [1.82, 2.24) is 14.8 Å². The molecular formula is C24H22N4O5. The first kappa shape index (κ1) is 21.8. The molecule has 0 bridgehead atoms. The molecule has 0 atom stereocenters. The van der Waals surface area contributed by atoms with Crippen molar-refractivity contribution in [2.24, 2.45) is 0 Å². The van der Waals surface area contributed by atoms with E-state index in [9.17, 15) is 19.2 Å². The highest BCUT2D eigenvalue weighted by Crippen LogP contribution is 2.25. The third kappa shape index (κ3) is 4.62. The third-order valence-corrected chi connectivity index (χ3v) is 5.25. The number of carbonyl (C=O) groups excluding carboxylic acids is 4. The quantitative estimate of drug-likeness (QED) is 0.344. The summed E-state index contributed by atoms with van der Waals surface area (Å²) in [5.74, 6) is -1.51. The van der Waals surface area contributed by atoms with E-state index in [0.29, 0.717) is 11.3 Å². The van der Waals surface area contributed by atoms with Gasteiger partial charge < -0.3 is 19.9 Å². The fourth-order valence-electron chi connectivity index (χ4n) is 3.58. The third-order valence-electron chi connectivity index (χ3n) is 5.25. The molecule has 0 aliphatic carbocycles. The molecule has 1 saturated heterocycles. The Morgan fingerprint density at radius 2 is 1.79 bits per heavy atom. The van der Waals surface area contributed by atoms with Crippen LogP contribution in [0.25, 0.3) is 17.0 Å². The largest absolute Gasteiger partial charge is 0.468 e. The summed E-state index contributed by atoms with van der Waals surface area (Å²) in [6.07, 6.45) is 3.25. The summed E-state index contributed by atoms with van der Waals surface area (Å²) in [4.78, 5) is 50.2. The Kier molecular flexibility index (Phi) is 5.95. The Hall–Kier alpha value is -4.40. The predicted molar refractivity (Wildman–Crippen MR) is 122 cm³/mol. The van der Waals surface area contributed by atoms with Gasteiger partial charge in [0.25, 0.3) is 5.91 Å². The maximum atomic E-state index is 12.8. The molecule has 4 rings (SSSR count). The number of ether oxygens (including phenoxy) is 1. The number of nitrogens with one attached hydrogen (secondary N) is 2. The van der Waals surface area contributed by atoms with Crippen molar-refractivity contribution in [3.8, 4) is 0 Å². The van der Waals surface area contributed by atoms with Gasteiger partial charge in [0.1, 0.15) is 18.8 Å². The number of benzene rings is 2. The number of nitrogens with zero attached hydrogens (tertiary/aromatic N) is 2. The highest BCUT2D eigenvalue weighted by Gasteiger charge is 2.35. The summed E-state index contributed by atoms with van der Waals surface area (Å²) in [6.45, 7) is 1.52. The average Bonchev–Trinajstić information content (AvgIpc) is 3.27. The van der Waals surface area contributed by atoms with E-state index < -0.39 is 30.4 Å². The van der Waals surface area contributed by atoms with Gasteiger partial charge in [0.05, 0.1) is 7.11 Å². The number of imide groups is 1. The molecule has 0 unspecified atom stereocenters. The molecule has 4 amide bonds. The highest BCUT2D eigenvalue weighted by atomic mass is 16.5. The Morgan fingerprint density at radius 3 is 2.52 bits per heavy atom. The van der Waals surface area contributed by atoms with Gasteiger partial charge in [-0.05, 0) is 31.2 Å². The van der Waals surface area contributed by atoms with Crippen molar-refractivity contribution in [2.45, 2.75) is 13.5 Å². The lowest BCUT2D eigenvalue weighted by Gasteiger charge is -2.12. The number of aromatic nitrogens is 1. The van der Waals surface area contributed by atoms with Crippen LogP contribution in [0.4, 0.5) is 10.5 Å². The average molecular weight is 446 g/mol. The number of fused-ring (bicyclic) bond motifs is 1. The minimum absolute atomic E-state index is 0.00575. The van der Waals surface area contributed by atoms with Gasteiger partial charge in [-0.2, -0.15) is 0 Å². The molecule has 2 aromatic carbocycles. The van der Waals surface area contributed by atoms with Gasteiger partial charge >= 0.3 is 12.0 Å². The van der Waals surface area contributed by atoms with E-state index in [-0.39, 0.29) is 12.2 Å². The van der Waals surface area contributed by atoms with E-state index in [1.54, 1.807) is 22.9 Å². The number of esters is 1. The lowest BCUT2D eigenvalue weighted by molar-refractivity contribution is -0.141. The molecule has 1 fully saturated rings. The topological polar surface area (TPSA) is 110 Å². The Labute approximate surface area is 189 Å². The van der Waals surface area contributed by atoms with E-state index in [4.69, 9.17) is 4.74 Å². The molecule has 33 heavy (non-hydrogen) atoms. The standard InChI is InChI=1S/C24H22N4O5/c1-15-7-9-17(10-8-15)25-21(29)13-28-23(31)19(26-24(28)32)11-16-12-27(14-22(30)33-2)20-6-4-3-5-18(16)20/h3-12H,13-14H2,1-2H3,(H,25,29)(H,26,32)/b19-11-. The summed E-state index contributed by atoms with van der Waals surface area (Å²) >= 11 is 0. The summed E-state index contributed by atoms with van der Waals surface area (Å²) in [7, 11) is 1.31. The predicted octanol–water partition coefficient (Wildman–Crippen LogP) is 2.65. The second-order valence-corrected chi connectivity index (χ2v) is 7.60. The van der Waals surface area contributed by atoms with Gasteiger partial charge in [-0.15, -0.1) is 0 Å². The van der Waals surface area contributed by atoms with Crippen LogP contribution in [-0.4, -0.2) is 46.9 Å². The zero-order valence-corrected chi connectivity index (χ0v) is 18.1. The number of hydrogen-bond acceptors (Lipinski definition) is 5. The van der Waals surface area contributed by atoms with E-state index in [1.165, 1.54) is 13.2 Å². The molecule has 2 heterocycles. The minimum atomic E-state index is -0.677. The van der Waals surface area contributed by atoms with Crippen LogP contribution in [0, 0.1) is 6.92 Å².